The van der Waals surface area contributed by atoms with Crippen molar-refractivity contribution in [1.82, 2.24) is 10.3 Å². The molecule has 4 heteroatoms. The minimum atomic E-state index is -0.0561. The van der Waals surface area contributed by atoms with Crippen molar-refractivity contribution in [3.8, 4) is 0 Å². The number of hydrogen-bond donors (Lipinski definition) is 2. The van der Waals surface area contributed by atoms with Crippen LogP contribution in [0.4, 0.5) is 0 Å². The predicted octanol–water partition coefficient (Wildman–Crippen LogP) is 3.78. The summed E-state index contributed by atoms with van der Waals surface area (Å²) in [5.74, 6) is 0.0916. The van der Waals surface area contributed by atoms with Gasteiger partial charge < -0.3 is 10.3 Å². The van der Waals surface area contributed by atoms with Crippen LogP contribution in [-0.4, -0.2) is 17.4 Å². The molecule has 1 aromatic heterocycles. The highest BCUT2D eigenvalue weighted by atomic mass is 16.1. The SMILES string of the molecule is Cc1cc2ccc(CCC(=O)NCCC3=CCCCC3)cc2[nH]c1=O. The van der Waals surface area contributed by atoms with E-state index in [-0.39, 0.29) is 11.5 Å². The normalized spacial score (nSPS) is 14.4. The lowest BCUT2D eigenvalue weighted by atomic mass is 9.97. The van der Waals surface area contributed by atoms with Crippen LogP contribution in [0.1, 0.15) is 49.7 Å². The third-order valence-corrected chi connectivity index (χ3v) is 4.89. The molecule has 1 heterocycles. The third-order valence-electron chi connectivity index (χ3n) is 4.89. The molecule has 0 atom stereocenters. The van der Waals surface area contributed by atoms with E-state index in [4.69, 9.17) is 0 Å². The van der Waals surface area contributed by atoms with Crippen molar-refractivity contribution >= 4 is 16.8 Å². The minimum Gasteiger partial charge on any atom is -0.356 e. The molecule has 0 fully saturated rings. The zero-order chi connectivity index (χ0) is 17.6. The van der Waals surface area contributed by atoms with Gasteiger partial charge in [0.2, 0.25) is 5.91 Å². The molecule has 2 aromatic rings. The number of aromatic amines is 1. The molecule has 1 amide bonds. The number of benzene rings is 1. The fourth-order valence-corrected chi connectivity index (χ4v) is 3.35. The van der Waals surface area contributed by atoms with Crippen LogP contribution in [0.25, 0.3) is 10.9 Å². The standard InChI is InChI=1S/C21H26N2O2/c1-15-13-18-9-7-17(14-19(18)23-21(15)25)8-10-20(24)22-12-11-16-5-3-2-4-6-16/h5,7,9,13-14H,2-4,6,8,10-12H2,1H3,(H,22,24)(H,23,25). The van der Waals surface area contributed by atoms with Crippen molar-refractivity contribution in [2.24, 2.45) is 0 Å². The first-order valence-electron chi connectivity index (χ1n) is 9.19. The second kappa shape index (κ2) is 8.15. The number of carbonyl (C=O) groups is 1. The summed E-state index contributed by atoms with van der Waals surface area (Å²) in [5.41, 5.74) is 4.04. The Kier molecular flexibility index (Phi) is 5.69. The lowest BCUT2D eigenvalue weighted by Crippen LogP contribution is -2.25. The molecule has 0 bridgehead atoms. The van der Waals surface area contributed by atoms with Crippen LogP contribution in [0.5, 0.6) is 0 Å². The Balaban J connectivity index is 1.50. The summed E-state index contributed by atoms with van der Waals surface area (Å²) in [6.07, 6.45) is 9.41. The Morgan fingerprint density at radius 3 is 2.88 bits per heavy atom. The quantitative estimate of drug-likeness (QED) is 0.788. The summed E-state index contributed by atoms with van der Waals surface area (Å²) in [4.78, 5) is 26.7. The molecular formula is C21H26N2O2. The van der Waals surface area contributed by atoms with Gasteiger partial charge in [-0.05, 0) is 68.5 Å². The molecule has 0 saturated heterocycles. The number of H-pyrrole nitrogens is 1. The Labute approximate surface area is 148 Å². The van der Waals surface area contributed by atoms with E-state index in [2.05, 4.69) is 16.4 Å². The lowest BCUT2D eigenvalue weighted by molar-refractivity contribution is -0.121. The average Bonchev–Trinajstić information content (AvgIpc) is 2.62. The summed E-state index contributed by atoms with van der Waals surface area (Å²) < 4.78 is 0. The number of nitrogens with one attached hydrogen (secondary N) is 2. The van der Waals surface area contributed by atoms with Gasteiger partial charge in [-0.1, -0.05) is 23.8 Å². The molecule has 1 aliphatic rings. The van der Waals surface area contributed by atoms with Gasteiger partial charge in [-0.15, -0.1) is 0 Å². The maximum Gasteiger partial charge on any atom is 0.251 e. The van der Waals surface area contributed by atoms with E-state index in [1.807, 2.05) is 24.3 Å². The first-order chi connectivity index (χ1) is 12.1. The topological polar surface area (TPSA) is 62.0 Å². The molecule has 0 unspecified atom stereocenters. The van der Waals surface area contributed by atoms with E-state index in [9.17, 15) is 9.59 Å². The second-order valence-corrected chi connectivity index (χ2v) is 6.91. The van der Waals surface area contributed by atoms with Gasteiger partial charge >= 0.3 is 0 Å². The summed E-state index contributed by atoms with van der Waals surface area (Å²) >= 11 is 0. The fraction of sp³-hybridized carbons (Fsp3) is 0.429. The first kappa shape index (κ1) is 17.5. The van der Waals surface area contributed by atoms with Gasteiger partial charge in [-0.2, -0.15) is 0 Å². The van der Waals surface area contributed by atoms with Crippen molar-refractivity contribution in [2.45, 2.75) is 51.9 Å². The monoisotopic (exact) mass is 338 g/mol. The van der Waals surface area contributed by atoms with Gasteiger partial charge in [-0.3, -0.25) is 9.59 Å². The maximum absolute atomic E-state index is 12.0. The third kappa shape index (κ3) is 4.81. The van der Waals surface area contributed by atoms with Crippen molar-refractivity contribution in [3.63, 3.8) is 0 Å². The minimum absolute atomic E-state index is 0.0561. The highest BCUT2D eigenvalue weighted by Crippen LogP contribution is 2.19. The van der Waals surface area contributed by atoms with Crippen LogP contribution in [0, 0.1) is 6.92 Å². The Morgan fingerprint density at radius 1 is 1.20 bits per heavy atom. The molecule has 132 valence electrons. The van der Waals surface area contributed by atoms with E-state index < -0.39 is 0 Å². The number of hydrogen-bond acceptors (Lipinski definition) is 2. The molecular weight excluding hydrogens is 312 g/mol. The van der Waals surface area contributed by atoms with Gasteiger partial charge in [0.1, 0.15) is 0 Å². The van der Waals surface area contributed by atoms with E-state index in [0.717, 1.165) is 29.4 Å². The Hall–Kier alpha value is -2.36. The molecule has 0 radical (unpaired) electrons. The van der Waals surface area contributed by atoms with Gasteiger partial charge in [0.05, 0.1) is 0 Å². The van der Waals surface area contributed by atoms with Crippen molar-refractivity contribution in [3.05, 3.63) is 57.4 Å². The number of fused-ring (bicyclic) bond motifs is 1. The Morgan fingerprint density at radius 2 is 2.08 bits per heavy atom. The molecule has 3 rings (SSSR count). The summed E-state index contributed by atoms with van der Waals surface area (Å²) in [6.45, 7) is 2.54. The zero-order valence-electron chi connectivity index (χ0n) is 14.9. The lowest BCUT2D eigenvalue weighted by Gasteiger charge is -2.13. The summed E-state index contributed by atoms with van der Waals surface area (Å²) in [6, 6.07) is 7.89. The van der Waals surface area contributed by atoms with E-state index in [1.165, 1.54) is 31.3 Å². The summed E-state index contributed by atoms with van der Waals surface area (Å²) in [7, 11) is 0. The molecule has 0 aliphatic heterocycles. The number of aryl methyl sites for hydroxylation is 2. The predicted molar refractivity (Wildman–Crippen MR) is 102 cm³/mol. The number of carbonyl (C=O) groups excluding carboxylic acids is 1. The number of rotatable bonds is 6. The van der Waals surface area contributed by atoms with E-state index in [0.29, 0.717) is 18.4 Å². The van der Waals surface area contributed by atoms with Crippen LogP contribution < -0.4 is 10.9 Å². The van der Waals surface area contributed by atoms with E-state index in [1.54, 1.807) is 6.92 Å². The van der Waals surface area contributed by atoms with Gasteiger partial charge in [-0.25, -0.2) is 0 Å². The van der Waals surface area contributed by atoms with Crippen LogP contribution >= 0.6 is 0 Å². The smallest absolute Gasteiger partial charge is 0.251 e. The van der Waals surface area contributed by atoms with Crippen LogP contribution in [0.15, 0.2) is 40.7 Å². The average molecular weight is 338 g/mol. The van der Waals surface area contributed by atoms with Crippen molar-refractivity contribution in [1.29, 1.82) is 0 Å². The number of aromatic nitrogens is 1. The molecule has 25 heavy (non-hydrogen) atoms. The summed E-state index contributed by atoms with van der Waals surface area (Å²) in [5, 5.41) is 4.04. The highest BCUT2D eigenvalue weighted by molar-refractivity contribution is 5.80. The number of amides is 1. The second-order valence-electron chi connectivity index (χ2n) is 6.91. The number of allylic oxidation sites excluding steroid dienone is 1. The Bertz CT molecular complexity index is 849. The van der Waals surface area contributed by atoms with Gasteiger partial charge in [0.15, 0.2) is 0 Å². The molecule has 0 spiro atoms. The fourth-order valence-electron chi connectivity index (χ4n) is 3.35. The van der Waals surface area contributed by atoms with Gasteiger partial charge in [0, 0.05) is 24.0 Å². The number of pyridine rings is 1. The molecule has 2 N–H and O–H groups in total. The highest BCUT2D eigenvalue weighted by Gasteiger charge is 2.06. The maximum atomic E-state index is 12.0. The molecule has 1 aliphatic carbocycles. The molecule has 0 saturated carbocycles. The first-order valence-corrected chi connectivity index (χ1v) is 9.19. The van der Waals surface area contributed by atoms with Crippen molar-refractivity contribution in [2.75, 3.05) is 6.54 Å². The zero-order valence-corrected chi connectivity index (χ0v) is 14.9. The molecule has 1 aromatic carbocycles. The largest absolute Gasteiger partial charge is 0.356 e. The van der Waals surface area contributed by atoms with E-state index >= 15 is 0 Å². The van der Waals surface area contributed by atoms with Crippen LogP contribution in [0.2, 0.25) is 0 Å². The van der Waals surface area contributed by atoms with Crippen molar-refractivity contribution < 1.29 is 4.79 Å². The van der Waals surface area contributed by atoms with Crippen LogP contribution in [-0.2, 0) is 11.2 Å². The van der Waals surface area contributed by atoms with Gasteiger partial charge in [0.25, 0.3) is 5.56 Å². The van der Waals surface area contributed by atoms with Crippen LogP contribution in [0.3, 0.4) is 0 Å². The molecule has 4 nitrogen and oxygen atoms in total.